The molecule has 20 heavy (non-hydrogen) atoms. The maximum atomic E-state index is 5.80. The van der Waals surface area contributed by atoms with E-state index >= 15 is 0 Å². The van der Waals surface area contributed by atoms with E-state index in [0.29, 0.717) is 3.92 Å². The standard InChI is InChI=1S/C16H15IN2S/c1-16(12-3-5-13(18)6-4-12)10-11(2-7-14(16)17)15-19-8-9-20-15/h2-10,14H,18H2,1H3. The van der Waals surface area contributed by atoms with Crippen LogP contribution in [0.5, 0.6) is 0 Å². The molecular weight excluding hydrogens is 379 g/mol. The number of hydrogen-bond acceptors (Lipinski definition) is 3. The molecule has 1 aromatic heterocycles. The summed E-state index contributed by atoms with van der Waals surface area (Å²) < 4.78 is 0.410. The van der Waals surface area contributed by atoms with E-state index in [1.165, 1.54) is 11.1 Å². The number of benzene rings is 1. The van der Waals surface area contributed by atoms with E-state index in [1.807, 2.05) is 23.7 Å². The van der Waals surface area contributed by atoms with Gasteiger partial charge in [-0.3, -0.25) is 0 Å². The van der Waals surface area contributed by atoms with E-state index in [2.05, 4.69) is 64.9 Å². The van der Waals surface area contributed by atoms with E-state index in [0.717, 1.165) is 10.7 Å². The summed E-state index contributed by atoms with van der Waals surface area (Å²) in [6.45, 7) is 2.27. The Bertz CT molecular complexity index is 658. The van der Waals surface area contributed by atoms with Crippen LogP contribution in [0.3, 0.4) is 0 Å². The van der Waals surface area contributed by atoms with Crippen molar-refractivity contribution in [3.8, 4) is 0 Å². The number of rotatable bonds is 2. The number of thiazole rings is 1. The average molecular weight is 394 g/mol. The third-order valence-electron chi connectivity index (χ3n) is 3.68. The van der Waals surface area contributed by atoms with Crippen molar-refractivity contribution in [2.75, 3.05) is 5.73 Å². The van der Waals surface area contributed by atoms with Crippen molar-refractivity contribution >= 4 is 45.2 Å². The zero-order chi connectivity index (χ0) is 14.2. The van der Waals surface area contributed by atoms with Gasteiger partial charge in [0.1, 0.15) is 5.01 Å². The van der Waals surface area contributed by atoms with E-state index in [1.54, 1.807) is 11.3 Å². The molecule has 0 amide bonds. The molecule has 0 bridgehead atoms. The average Bonchev–Trinajstić information content (AvgIpc) is 2.97. The second-order valence-electron chi connectivity index (χ2n) is 5.10. The van der Waals surface area contributed by atoms with E-state index < -0.39 is 0 Å². The summed E-state index contributed by atoms with van der Waals surface area (Å²) in [5.41, 5.74) is 9.05. The lowest BCUT2D eigenvalue weighted by atomic mass is 9.75. The number of nitrogen functional groups attached to an aromatic ring is 1. The molecule has 0 saturated carbocycles. The first-order valence-electron chi connectivity index (χ1n) is 6.40. The number of hydrogen-bond donors (Lipinski definition) is 1. The Labute approximate surface area is 136 Å². The number of halogens is 1. The molecule has 0 fully saturated rings. The minimum absolute atomic E-state index is 0.0377. The van der Waals surface area contributed by atoms with Crippen LogP contribution in [0.2, 0.25) is 0 Å². The van der Waals surface area contributed by atoms with Gasteiger partial charge in [-0.25, -0.2) is 4.98 Å². The fourth-order valence-corrected chi connectivity index (χ4v) is 3.80. The summed E-state index contributed by atoms with van der Waals surface area (Å²) in [4.78, 5) is 4.41. The highest BCUT2D eigenvalue weighted by Gasteiger charge is 2.33. The molecular formula is C16H15IN2S. The molecule has 1 aromatic carbocycles. The number of nitrogens with zero attached hydrogens (tertiary/aromatic N) is 1. The quantitative estimate of drug-likeness (QED) is 0.465. The van der Waals surface area contributed by atoms with Gasteiger partial charge in [-0.05, 0) is 17.7 Å². The predicted molar refractivity (Wildman–Crippen MR) is 95.2 cm³/mol. The van der Waals surface area contributed by atoms with Crippen molar-refractivity contribution in [3.05, 3.63) is 64.6 Å². The highest BCUT2D eigenvalue weighted by molar-refractivity contribution is 14.1. The number of alkyl halides is 1. The van der Waals surface area contributed by atoms with Gasteiger partial charge in [-0.2, -0.15) is 0 Å². The minimum Gasteiger partial charge on any atom is -0.399 e. The molecule has 1 aliphatic carbocycles. The minimum atomic E-state index is -0.0377. The van der Waals surface area contributed by atoms with Crippen LogP contribution in [-0.2, 0) is 5.41 Å². The Balaban J connectivity index is 2.06. The lowest BCUT2D eigenvalue weighted by molar-refractivity contribution is 0.631. The van der Waals surface area contributed by atoms with Crippen LogP contribution in [0.4, 0.5) is 5.69 Å². The van der Waals surface area contributed by atoms with Crippen LogP contribution in [-0.4, -0.2) is 8.91 Å². The van der Waals surface area contributed by atoms with Crippen molar-refractivity contribution in [2.24, 2.45) is 0 Å². The number of aromatic nitrogens is 1. The van der Waals surface area contributed by atoms with Crippen LogP contribution in [0.1, 0.15) is 17.5 Å². The predicted octanol–water partition coefficient (Wildman–Crippen LogP) is 4.44. The highest BCUT2D eigenvalue weighted by Crippen LogP contribution is 2.41. The number of anilines is 1. The first-order chi connectivity index (χ1) is 9.59. The second kappa shape index (κ2) is 5.33. The van der Waals surface area contributed by atoms with Crippen molar-refractivity contribution < 1.29 is 0 Å². The molecule has 3 rings (SSSR count). The Hall–Kier alpha value is -1.14. The van der Waals surface area contributed by atoms with Gasteiger partial charge in [-0.15, -0.1) is 11.3 Å². The Morgan fingerprint density at radius 1 is 1.30 bits per heavy atom. The van der Waals surface area contributed by atoms with Crippen LogP contribution in [0.25, 0.3) is 5.57 Å². The smallest absolute Gasteiger partial charge is 0.122 e. The van der Waals surface area contributed by atoms with Gasteiger partial charge in [0.05, 0.1) is 0 Å². The fourth-order valence-electron chi connectivity index (χ4n) is 2.42. The van der Waals surface area contributed by atoms with E-state index in [9.17, 15) is 0 Å². The van der Waals surface area contributed by atoms with Gasteiger partial charge in [0.15, 0.2) is 0 Å². The van der Waals surface area contributed by atoms with Crippen molar-refractivity contribution in [1.82, 2.24) is 4.98 Å². The van der Waals surface area contributed by atoms with Crippen molar-refractivity contribution in [1.29, 1.82) is 0 Å². The summed E-state index contributed by atoms with van der Waals surface area (Å²) in [5, 5.41) is 3.09. The maximum Gasteiger partial charge on any atom is 0.122 e. The molecule has 2 unspecified atom stereocenters. The van der Waals surface area contributed by atoms with Gasteiger partial charge in [0, 0.05) is 32.2 Å². The SMILES string of the molecule is CC1(c2ccc(N)cc2)C=C(c2nccs2)C=CC1I. The first kappa shape index (κ1) is 13.8. The molecule has 2 aromatic rings. The summed E-state index contributed by atoms with van der Waals surface area (Å²) in [5.74, 6) is 0. The van der Waals surface area contributed by atoms with Crippen molar-refractivity contribution in [3.63, 3.8) is 0 Å². The van der Waals surface area contributed by atoms with Crippen molar-refractivity contribution in [2.45, 2.75) is 16.3 Å². The molecule has 0 spiro atoms. The molecule has 2 N–H and O–H groups in total. The lowest BCUT2D eigenvalue weighted by Crippen LogP contribution is -2.31. The topological polar surface area (TPSA) is 38.9 Å². The Kier molecular flexibility index (Phi) is 3.69. The summed E-state index contributed by atoms with van der Waals surface area (Å²) >= 11 is 4.17. The molecule has 1 heterocycles. The largest absolute Gasteiger partial charge is 0.399 e. The Morgan fingerprint density at radius 3 is 2.70 bits per heavy atom. The van der Waals surface area contributed by atoms with E-state index in [-0.39, 0.29) is 5.41 Å². The fraction of sp³-hybridized carbons (Fsp3) is 0.188. The van der Waals surface area contributed by atoms with Crippen LogP contribution in [0.15, 0.2) is 54.1 Å². The number of nitrogens with two attached hydrogens (primary N) is 1. The molecule has 0 radical (unpaired) electrons. The summed E-state index contributed by atoms with van der Waals surface area (Å²) in [7, 11) is 0. The van der Waals surface area contributed by atoms with E-state index in [4.69, 9.17) is 5.73 Å². The normalized spacial score (nSPS) is 25.5. The molecule has 102 valence electrons. The molecule has 0 aliphatic heterocycles. The van der Waals surface area contributed by atoms with Gasteiger partial charge in [-0.1, -0.05) is 59.9 Å². The first-order valence-corrected chi connectivity index (χ1v) is 8.53. The maximum absolute atomic E-state index is 5.80. The number of allylic oxidation sites excluding steroid dienone is 4. The molecule has 1 aliphatic rings. The van der Waals surface area contributed by atoms with Crippen LogP contribution >= 0.6 is 33.9 Å². The van der Waals surface area contributed by atoms with Gasteiger partial charge in [0.2, 0.25) is 0 Å². The molecule has 2 nitrogen and oxygen atoms in total. The monoisotopic (exact) mass is 394 g/mol. The zero-order valence-electron chi connectivity index (χ0n) is 11.1. The molecule has 4 heteroatoms. The van der Waals surface area contributed by atoms with Crippen LogP contribution < -0.4 is 5.73 Å². The third kappa shape index (κ3) is 2.42. The zero-order valence-corrected chi connectivity index (χ0v) is 14.1. The summed E-state index contributed by atoms with van der Waals surface area (Å²) in [6.07, 6.45) is 8.61. The van der Waals surface area contributed by atoms with Gasteiger partial charge >= 0.3 is 0 Å². The van der Waals surface area contributed by atoms with Gasteiger partial charge in [0.25, 0.3) is 0 Å². The second-order valence-corrected chi connectivity index (χ2v) is 7.34. The Morgan fingerprint density at radius 2 is 2.05 bits per heavy atom. The molecule has 0 saturated heterocycles. The summed E-state index contributed by atoms with van der Waals surface area (Å²) in [6, 6.07) is 8.19. The van der Waals surface area contributed by atoms with Gasteiger partial charge < -0.3 is 5.73 Å². The third-order valence-corrected chi connectivity index (χ3v) is 6.22. The highest BCUT2D eigenvalue weighted by atomic mass is 127. The van der Waals surface area contributed by atoms with Crippen LogP contribution in [0, 0.1) is 0 Å². The lowest BCUT2D eigenvalue weighted by Gasteiger charge is -2.34. The molecule has 2 atom stereocenters.